The smallest absolute Gasteiger partial charge is 0.199 e. The molecule has 0 aliphatic rings. The second kappa shape index (κ2) is 2.54. The van der Waals surface area contributed by atoms with Crippen LogP contribution in [0.1, 0.15) is 11.1 Å². The third-order valence-electron chi connectivity index (χ3n) is 1.45. The molecule has 0 fully saturated rings. The number of aromatic nitrogens is 1. The minimum absolute atomic E-state index is 0.0904. The molecule has 1 heterocycles. The van der Waals surface area contributed by atoms with Crippen LogP contribution in [0.25, 0.3) is 12.2 Å². The Bertz CT molecular complexity index is 271. The second-order valence-corrected chi connectivity index (χ2v) is 2.06. The van der Waals surface area contributed by atoms with E-state index in [0.29, 0.717) is 11.1 Å². The Hall–Kier alpha value is -1.64. The number of aromatic amines is 1. The van der Waals surface area contributed by atoms with Crippen molar-refractivity contribution in [3.63, 3.8) is 0 Å². The molecular weight excluding hydrogens is 142 g/mol. The quantitative estimate of drug-likeness (QED) is 0.602. The first-order valence-corrected chi connectivity index (χ1v) is 3.09. The number of aromatic hydroxyl groups is 2. The van der Waals surface area contributed by atoms with Crippen molar-refractivity contribution in [2.75, 3.05) is 0 Å². The summed E-state index contributed by atoms with van der Waals surface area (Å²) in [6, 6.07) is 0. The van der Waals surface area contributed by atoms with Crippen LogP contribution in [0.3, 0.4) is 0 Å². The van der Waals surface area contributed by atoms with Crippen molar-refractivity contribution in [1.29, 1.82) is 0 Å². The molecule has 0 atom stereocenters. The Morgan fingerprint density at radius 3 is 1.64 bits per heavy atom. The Kier molecular flexibility index (Phi) is 1.72. The van der Waals surface area contributed by atoms with Gasteiger partial charge in [-0.3, -0.25) is 4.98 Å². The lowest BCUT2D eigenvalue weighted by Crippen LogP contribution is -1.70. The first-order chi connectivity index (χ1) is 5.20. The zero-order chi connectivity index (χ0) is 8.43. The van der Waals surface area contributed by atoms with E-state index in [4.69, 9.17) is 10.2 Å². The molecule has 0 saturated carbocycles. The molecule has 1 aromatic heterocycles. The van der Waals surface area contributed by atoms with Crippen molar-refractivity contribution in [1.82, 2.24) is 4.98 Å². The largest absolute Gasteiger partial charge is 0.494 e. The minimum atomic E-state index is -0.0904. The molecule has 0 bridgehead atoms. The second-order valence-electron chi connectivity index (χ2n) is 2.06. The van der Waals surface area contributed by atoms with Crippen LogP contribution >= 0.6 is 0 Å². The van der Waals surface area contributed by atoms with Gasteiger partial charge in [-0.05, 0) is 0 Å². The highest BCUT2D eigenvalue weighted by Gasteiger charge is 2.10. The fraction of sp³-hybridized carbons (Fsp3) is 0. The Morgan fingerprint density at radius 1 is 1.00 bits per heavy atom. The van der Waals surface area contributed by atoms with Gasteiger partial charge in [0.25, 0.3) is 0 Å². The topological polar surface area (TPSA) is 56.2 Å². The van der Waals surface area contributed by atoms with Crippen LogP contribution in [0.15, 0.2) is 13.2 Å². The lowest BCUT2D eigenvalue weighted by atomic mass is 10.2. The van der Waals surface area contributed by atoms with Gasteiger partial charge in [0.05, 0.1) is 0 Å². The zero-order valence-electron chi connectivity index (χ0n) is 5.96. The van der Waals surface area contributed by atoms with Crippen LogP contribution < -0.4 is 0 Å². The third kappa shape index (κ3) is 1.00. The number of rotatable bonds is 2. The molecule has 1 aromatic rings. The molecule has 0 aliphatic carbocycles. The van der Waals surface area contributed by atoms with E-state index in [2.05, 4.69) is 18.1 Å². The normalized spacial score (nSPS) is 9.45. The molecule has 58 valence electrons. The maximum atomic E-state index is 9.11. The van der Waals surface area contributed by atoms with E-state index < -0.39 is 0 Å². The SMILES string of the molecule is C=Cc1c(O)[nH]c(O)c1C=C. The van der Waals surface area contributed by atoms with Gasteiger partial charge in [-0.1, -0.05) is 25.3 Å². The minimum Gasteiger partial charge on any atom is -0.494 e. The fourth-order valence-corrected chi connectivity index (χ4v) is 0.915. The summed E-state index contributed by atoms with van der Waals surface area (Å²) in [5.41, 5.74) is 0.940. The molecule has 3 nitrogen and oxygen atoms in total. The van der Waals surface area contributed by atoms with Gasteiger partial charge in [-0.15, -0.1) is 0 Å². The monoisotopic (exact) mass is 151 g/mol. The maximum absolute atomic E-state index is 9.11. The first kappa shape index (κ1) is 7.47. The van der Waals surface area contributed by atoms with Gasteiger partial charge in [0.2, 0.25) is 0 Å². The fourth-order valence-electron chi connectivity index (χ4n) is 0.915. The van der Waals surface area contributed by atoms with Crippen LogP contribution in [0.4, 0.5) is 0 Å². The average molecular weight is 151 g/mol. The third-order valence-corrected chi connectivity index (χ3v) is 1.45. The predicted molar refractivity (Wildman–Crippen MR) is 44.3 cm³/mol. The summed E-state index contributed by atoms with van der Waals surface area (Å²) in [5, 5.41) is 18.2. The molecule has 1 rings (SSSR count). The standard InChI is InChI=1S/C8H9NO2/c1-3-5-6(4-2)8(11)9-7(5)10/h3-4,9-11H,1-2H2. The molecule has 3 heteroatoms. The summed E-state index contributed by atoms with van der Waals surface area (Å²) in [6.07, 6.45) is 2.89. The van der Waals surface area contributed by atoms with Gasteiger partial charge < -0.3 is 10.2 Å². The molecule has 0 amide bonds. The van der Waals surface area contributed by atoms with Gasteiger partial charge in [-0.25, -0.2) is 0 Å². The molecule has 0 aromatic carbocycles. The molecule has 0 spiro atoms. The Morgan fingerprint density at radius 2 is 1.36 bits per heavy atom. The van der Waals surface area contributed by atoms with Crippen molar-refractivity contribution in [3.05, 3.63) is 24.3 Å². The lowest BCUT2D eigenvalue weighted by Gasteiger charge is -1.89. The molecule has 0 radical (unpaired) electrons. The van der Waals surface area contributed by atoms with Crippen LogP contribution in [0, 0.1) is 0 Å². The first-order valence-electron chi connectivity index (χ1n) is 3.09. The van der Waals surface area contributed by atoms with Crippen LogP contribution in [-0.2, 0) is 0 Å². The lowest BCUT2D eigenvalue weighted by molar-refractivity contribution is 0.424. The molecular formula is C8H9NO2. The van der Waals surface area contributed by atoms with Gasteiger partial charge >= 0.3 is 0 Å². The predicted octanol–water partition coefficient (Wildman–Crippen LogP) is 1.71. The van der Waals surface area contributed by atoms with Crippen molar-refractivity contribution in [2.45, 2.75) is 0 Å². The highest BCUT2D eigenvalue weighted by molar-refractivity contribution is 5.71. The van der Waals surface area contributed by atoms with Crippen LogP contribution in [-0.4, -0.2) is 15.2 Å². The highest BCUT2D eigenvalue weighted by Crippen LogP contribution is 2.30. The van der Waals surface area contributed by atoms with E-state index in [1.165, 1.54) is 12.2 Å². The van der Waals surface area contributed by atoms with Gasteiger partial charge in [-0.2, -0.15) is 0 Å². The zero-order valence-corrected chi connectivity index (χ0v) is 5.96. The molecule has 11 heavy (non-hydrogen) atoms. The summed E-state index contributed by atoms with van der Waals surface area (Å²) in [6.45, 7) is 6.95. The van der Waals surface area contributed by atoms with E-state index in [1.54, 1.807) is 0 Å². The molecule has 0 unspecified atom stereocenters. The Labute approximate surface area is 64.3 Å². The van der Waals surface area contributed by atoms with E-state index in [9.17, 15) is 0 Å². The summed E-state index contributed by atoms with van der Waals surface area (Å²) >= 11 is 0. The van der Waals surface area contributed by atoms with Crippen molar-refractivity contribution < 1.29 is 10.2 Å². The summed E-state index contributed by atoms with van der Waals surface area (Å²) in [5.74, 6) is -0.181. The number of hydrogen-bond acceptors (Lipinski definition) is 2. The molecule has 0 aliphatic heterocycles. The van der Waals surface area contributed by atoms with Crippen molar-refractivity contribution in [3.8, 4) is 11.8 Å². The van der Waals surface area contributed by atoms with E-state index in [1.807, 2.05) is 0 Å². The molecule has 3 N–H and O–H groups in total. The van der Waals surface area contributed by atoms with E-state index in [-0.39, 0.29) is 11.8 Å². The van der Waals surface area contributed by atoms with Crippen molar-refractivity contribution in [2.24, 2.45) is 0 Å². The van der Waals surface area contributed by atoms with Gasteiger partial charge in [0.1, 0.15) is 0 Å². The highest BCUT2D eigenvalue weighted by atomic mass is 16.3. The molecule has 0 saturated heterocycles. The van der Waals surface area contributed by atoms with Crippen LogP contribution in [0.2, 0.25) is 0 Å². The van der Waals surface area contributed by atoms with Gasteiger partial charge in [0, 0.05) is 11.1 Å². The number of hydrogen-bond donors (Lipinski definition) is 3. The number of H-pyrrole nitrogens is 1. The van der Waals surface area contributed by atoms with Crippen molar-refractivity contribution >= 4 is 12.2 Å². The maximum Gasteiger partial charge on any atom is 0.199 e. The number of nitrogens with one attached hydrogen (secondary N) is 1. The average Bonchev–Trinajstić information content (AvgIpc) is 2.24. The summed E-state index contributed by atoms with van der Waals surface area (Å²) in [4.78, 5) is 2.35. The van der Waals surface area contributed by atoms with Crippen LogP contribution in [0.5, 0.6) is 11.8 Å². The summed E-state index contributed by atoms with van der Waals surface area (Å²) in [7, 11) is 0. The van der Waals surface area contributed by atoms with Gasteiger partial charge in [0.15, 0.2) is 11.8 Å². The Balaban J connectivity index is 3.39. The van der Waals surface area contributed by atoms with E-state index >= 15 is 0 Å². The summed E-state index contributed by atoms with van der Waals surface area (Å²) < 4.78 is 0. The van der Waals surface area contributed by atoms with E-state index in [0.717, 1.165) is 0 Å².